The maximum absolute atomic E-state index is 12.7. The van der Waals surface area contributed by atoms with Crippen LogP contribution in [0.4, 0.5) is 0 Å². The number of carbonyl (C=O) groups excluding carboxylic acids is 2. The highest BCUT2D eigenvalue weighted by Gasteiger charge is 2.42. The molecule has 2 aliphatic rings. The first-order valence-corrected chi connectivity index (χ1v) is 9.88. The zero-order chi connectivity index (χ0) is 18.7. The van der Waals surface area contributed by atoms with Gasteiger partial charge in [-0.05, 0) is 48.7 Å². The van der Waals surface area contributed by atoms with Crippen LogP contribution in [0.5, 0.6) is 0 Å². The van der Waals surface area contributed by atoms with Gasteiger partial charge in [-0.25, -0.2) is 4.79 Å². The monoisotopic (exact) mass is 354 g/mol. The number of allylic oxidation sites excluding steroid dienone is 1. The molecule has 1 aromatic rings. The van der Waals surface area contributed by atoms with Gasteiger partial charge in [-0.1, -0.05) is 57.5 Å². The molecule has 3 rings (SSSR count). The summed E-state index contributed by atoms with van der Waals surface area (Å²) in [6.45, 7) is 6.75. The number of ketones is 1. The lowest BCUT2D eigenvalue weighted by Gasteiger charge is -2.44. The fourth-order valence-electron chi connectivity index (χ4n) is 4.53. The Hall–Kier alpha value is -1.90. The molecule has 0 spiro atoms. The third-order valence-corrected chi connectivity index (χ3v) is 6.22. The van der Waals surface area contributed by atoms with Crippen LogP contribution in [-0.4, -0.2) is 17.9 Å². The molecular weight excluding hydrogens is 324 g/mol. The van der Waals surface area contributed by atoms with Gasteiger partial charge < -0.3 is 4.74 Å². The normalized spacial score (nSPS) is 27.0. The molecule has 0 aromatic heterocycles. The first kappa shape index (κ1) is 18.9. The van der Waals surface area contributed by atoms with Crippen LogP contribution in [0.25, 0.3) is 0 Å². The minimum atomic E-state index is -0.286. The van der Waals surface area contributed by atoms with Crippen molar-refractivity contribution in [3.63, 3.8) is 0 Å². The fraction of sp³-hybridized carbons (Fsp3) is 0.565. The lowest BCUT2D eigenvalue weighted by Crippen LogP contribution is -2.43. The smallest absolute Gasteiger partial charge is 0.334 e. The van der Waals surface area contributed by atoms with Crippen molar-refractivity contribution < 1.29 is 14.3 Å². The second-order valence-electron chi connectivity index (χ2n) is 8.55. The zero-order valence-corrected chi connectivity index (χ0v) is 16.2. The van der Waals surface area contributed by atoms with Gasteiger partial charge in [-0.3, -0.25) is 4.79 Å². The second kappa shape index (κ2) is 7.77. The summed E-state index contributed by atoms with van der Waals surface area (Å²) in [5.41, 5.74) is 1.77. The number of rotatable bonds is 4. The van der Waals surface area contributed by atoms with E-state index in [0.717, 1.165) is 25.7 Å². The van der Waals surface area contributed by atoms with Crippen molar-refractivity contribution in [3.05, 3.63) is 47.5 Å². The van der Waals surface area contributed by atoms with Crippen LogP contribution >= 0.6 is 0 Å². The van der Waals surface area contributed by atoms with Gasteiger partial charge in [0.15, 0.2) is 5.78 Å². The number of ether oxygens (including phenoxy) is 1. The van der Waals surface area contributed by atoms with Crippen molar-refractivity contribution in [2.45, 2.75) is 70.8 Å². The van der Waals surface area contributed by atoms with Crippen molar-refractivity contribution in [1.29, 1.82) is 0 Å². The molecule has 140 valence electrons. The summed E-state index contributed by atoms with van der Waals surface area (Å²) in [5.74, 6) is 0.593. The Balaban J connectivity index is 1.80. The first-order chi connectivity index (χ1) is 12.4. The Morgan fingerprint density at radius 3 is 2.54 bits per heavy atom. The highest BCUT2D eigenvalue weighted by atomic mass is 16.5. The topological polar surface area (TPSA) is 43.4 Å². The lowest BCUT2D eigenvalue weighted by molar-refractivity contribution is -0.152. The first-order valence-electron chi connectivity index (χ1n) is 9.88. The molecule has 0 aliphatic heterocycles. The van der Waals surface area contributed by atoms with Crippen molar-refractivity contribution in [2.24, 2.45) is 11.8 Å². The summed E-state index contributed by atoms with van der Waals surface area (Å²) in [4.78, 5) is 24.3. The van der Waals surface area contributed by atoms with Crippen LogP contribution in [0.1, 0.15) is 64.9 Å². The maximum Gasteiger partial charge on any atom is 0.334 e. The van der Waals surface area contributed by atoms with Crippen molar-refractivity contribution >= 4 is 11.8 Å². The third-order valence-electron chi connectivity index (χ3n) is 6.22. The second-order valence-corrected chi connectivity index (χ2v) is 8.55. The van der Waals surface area contributed by atoms with Crippen LogP contribution in [-0.2, 0) is 19.7 Å². The van der Waals surface area contributed by atoms with Gasteiger partial charge in [0.25, 0.3) is 0 Å². The van der Waals surface area contributed by atoms with Crippen LogP contribution in [0, 0.1) is 11.8 Å². The van der Waals surface area contributed by atoms with Gasteiger partial charge in [0.05, 0.1) is 0 Å². The van der Waals surface area contributed by atoms with E-state index < -0.39 is 0 Å². The minimum absolute atomic E-state index is 0.0429. The van der Waals surface area contributed by atoms with E-state index >= 15 is 0 Å². The Kier molecular flexibility index (Phi) is 5.64. The Morgan fingerprint density at radius 2 is 1.85 bits per heavy atom. The minimum Gasteiger partial charge on any atom is -0.459 e. The van der Waals surface area contributed by atoms with Crippen molar-refractivity contribution in [3.8, 4) is 0 Å². The molecule has 3 atom stereocenters. The molecule has 1 saturated carbocycles. The summed E-state index contributed by atoms with van der Waals surface area (Å²) in [7, 11) is 0. The molecule has 0 heterocycles. The molecule has 1 fully saturated rings. The molecule has 0 saturated heterocycles. The van der Waals surface area contributed by atoms with E-state index in [-0.39, 0.29) is 29.2 Å². The third kappa shape index (κ3) is 4.08. The van der Waals surface area contributed by atoms with Crippen molar-refractivity contribution in [1.82, 2.24) is 0 Å². The number of hydrogen-bond donors (Lipinski definition) is 0. The average molecular weight is 354 g/mol. The fourth-order valence-corrected chi connectivity index (χ4v) is 4.53. The molecule has 1 aromatic carbocycles. The van der Waals surface area contributed by atoms with Crippen LogP contribution < -0.4 is 0 Å². The lowest BCUT2D eigenvalue weighted by atomic mass is 9.64. The Bertz CT molecular complexity index is 687. The van der Waals surface area contributed by atoms with E-state index in [4.69, 9.17) is 4.74 Å². The molecule has 26 heavy (non-hydrogen) atoms. The predicted molar refractivity (Wildman–Crippen MR) is 103 cm³/mol. The van der Waals surface area contributed by atoms with Gasteiger partial charge in [-0.15, -0.1) is 0 Å². The molecule has 0 N–H and O–H groups in total. The van der Waals surface area contributed by atoms with E-state index in [1.807, 2.05) is 6.07 Å². The van der Waals surface area contributed by atoms with Gasteiger partial charge in [0.2, 0.25) is 0 Å². The van der Waals surface area contributed by atoms with Crippen LogP contribution in [0.15, 0.2) is 42.0 Å². The summed E-state index contributed by atoms with van der Waals surface area (Å²) in [5, 5.41) is 0. The number of carbonyl (C=O) groups is 2. The molecule has 0 bridgehead atoms. The zero-order valence-electron chi connectivity index (χ0n) is 16.2. The Labute approximate surface area is 156 Å². The van der Waals surface area contributed by atoms with E-state index in [1.165, 1.54) is 11.6 Å². The molecule has 0 unspecified atom stereocenters. The van der Waals surface area contributed by atoms with Crippen LogP contribution in [0.2, 0.25) is 0 Å². The number of esters is 1. The number of benzene rings is 1. The number of hydrogen-bond acceptors (Lipinski definition) is 3. The van der Waals surface area contributed by atoms with Crippen molar-refractivity contribution in [2.75, 3.05) is 0 Å². The summed E-state index contributed by atoms with van der Waals surface area (Å²) in [6.07, 6.45) is 6.46. The van der Waals surface area contributed by atoms with E-state index in [0.29, 0.717) is 24.3 Å². The largest absolute Gasteiger partial charge is 0.459 e. The highest BCUT2D eigenvalue weighted by Crippen LogP contribution is 2.43. The van der Waals surface area contributed by atoms with Gasteiger partial charge in [0, 0.05) is 17.9 Å². The van der Waals surface area contributed by atoms with Crippen LogP contribution in [0.3, 0.4) is 0 Å². The SMILES string of the molecule is C[C@H]1CC[C@H](C(C)(C)c2ccccc2)[C@@H](OC(=O)C2=CC(=O)CCC2)C1. The summed E-state index contributed by atoms with van der Waals surface area (Å²) >= 11 is 0. The van der Waals surface area contributed by atoms with Gasteiger partial charge >= 0.3 is 5.97 Å². The average Bonchev–Trinajstić information content (AvgIpc) is 2.62. The molecule has 3 heteroatoms. The van der Waals surface area contributed by atoms with E-state index in [1.54, 1.807) is 0 Å². The molecule has 0 amide bonds. The molecule has 0 radical (unpaired) electrons. The standard InChI is InChI=1S/C23H30O3/c1-16-12-13-20(23(2,3)18-9-5-4-6-10-18)21(14-16)26-22(25)17-8-7-11-19(24)15-17/h4-6,9-10,15-16,20-21H,7-8,11-14H2,1-3H3/t16-,20-,21-/m0/s1. The maximum atomic E-state index is 12.7. The summed E-state index contributed by atoms with van der Waals surface area (Å²) in [6, 6.07) is 10.5. The molecule has 2 aliphatic carbocycles. The highest BCUT2D eigenvalue weighted by molar-refractivity contribution is 6.00. The quantitative estimate of drug-likeness (QED) is 0.715. The summed E-state index contributed by atoms with van der Waals surface area (Å²) < 4.78 is 6.01. The van der Waals surface area contributed by atoms with Gasteiger partial charge in [0.1, 0.15) is 6.10 Å². The Morgan fingerprint density at radius 1 is 1.12 bits per heavy atom. The molecular formula is C23H30O3. The van der Waals surface area contributed by atoms with Gasteiger partial charge in [-0.2, -0.15) is 0 Å². The predicted octanol–water partition coefficient (Wildman–Crippen LogP) is 4.99. The van der Waals surface area contributed by atoms with E-state index in [2.05, 4.69) is 45.0 Å². The van der Waals surface area contributed by atoms with E-state index in [9.17, 15) is 9.59 Å². The molecule has 3 nitrogen and oxygen atoms in total.